The predicted molar refractivity (Wildman–Crippen MR) is 121 cm³/mol. The highest BCUT2D eigenvalue weighted by atomic mass is 15.2. The maximum atomic E-state index is 4.76. The number of rotatable bonds is 5. The van der Waals surface area contributed by atoms with Gasteiger partial charge in [-0.15, -0.1) is 0 Å². The summed E-state index contributed by atoms with van der Waals surface area (Å²) in [5, 5.41) is 20.0. The topological polar surface area (TPSA) is 85.5 Å². The van der Waals surface area contributed by atoms with E-state index in [1.165, 1.54) is 37.9 Å². The Morgan fingerprint density at radius 3 is 2.74 bits per heavy atom. The molecule has 0 bridgehead atoms. The van der Waals surface area contributed by atoms with Crippen LogP contribution in [0.25, 0.3) is 33.5 Å². The molecule has 0 spiro atoms. The minimum Gasteiger partial charge on any atom is -0.307 e. The van der Waals surface area contributed by atoms with Crippen LogP contribution in [-0.4, -0.2) is 49.9 Å². The van der Waals surface area contributed by atoms with Crippen LogP contribution in [0.5, 0.6) is 0 Å². The zero-order valence-electron chi connectivity index (χ0n) is 17.6. The smallest absolute Gasteiger partial charge is 0.181 e. The summed E-state index contributed by atoms with van der Waals surface area (Å²) >= 11 is 0. The van der Waals surface area contributed by atoms with Crippen molar-refractivity contribution in [1.82, 2.24) is 35.6 Å². The molecule has 31 heavy (non-hydrogen) atoms. The molecule has 2 aromatic carbocycles. The number of aromatic amines is 2. The highest BCUT2D eigenvalue weighted by molar-refractivity contribution is 5.95. The Hall–Kier alpha value is -3.03. The Kier molecular flexibility index (Phi) is 4.77. The summed E-state index contributed by atoms with van der Waals surface area (Å²) in [6.45, 7) is 4.46. The molecule has 6 rings (SSSR count). The van der Waals surface area contributed by atoms with E-state index in [-0.39, 0.29) is 6.04 Å². The molecule has 2 saturated heterocycles. The van der Waals surface area contributed by atoms with E-state index in [4.69, 9.17) is 4.98 Å². The molecule has 158 valence electrons. The summed E-state index contributed by atoms with van der Waals surface area (Å²) in [5.41, 5.74) is 5.49. The lowest BCUT2D eigenvalue weighted by Crippen LogP contribution is -2.18. The number of hydrogen-bond acceptors (Lipinski definition) is 5. The van der Waals surface area contributed by atoms with Gasteiger partial charge in [-0.05, 0) is 75.1 Å². The quantitative estimate of drug-likeness (QED) is 0.460. The fourth-order valence-electron chi connectivity index (χ4n) is 4.87. The maximum absolute atomic E-state index is 4.76. The molecule has 1 unspecified atom stereocenters. The van der Waals surface area contributed by atoms with Crippen molar-refractivity contribution in [2.45, 2.75) is 38.3 Å². The van der Waals surface area contributed by atoms with Gasteiger partial charge in [0.15, 0.2) is 5.82 Å². The van der Waals surface area contributed by atoms with Crippen molar-refractivity contribution >= 4 is 10.9 Å². The summed E-state index contributed by atoms with van der Waals surface area (Å²) in [6, 6.07) is 15.3. The van der Waals surface area contributed by atoms with E-state index < -0.39 is 0 Å². The Morgan fingerprint density at radius 2 is 1.87 bits per heavy atom. The number of H-pyrrole nitrogens is 2. The van der Waals surface area contributed by atoms with Crippen LogP contribution in [0.1, 0.15) is 43.1 Å². The average molecular weight is 414 g/mol. The number of hydrogen-bond donors (Lipinski definition) is 3. The number of likely N-dealkylation sites (tertiary alicyclic amines) is 1. The highest BCUT2D eigenvalue weighted by Crippen LogP contribution is 2.31. The number of nitrogens with one attached hydrogen (secondary N) is 3. The fourth-order valence-corrected chi connectivity index (χ4v) is 4.87. The first-order chi connectivity index (χ1) is 15.3. The molecule has 2 fully saturated rings. The minimum absolute atomic E-state index is 0.285. The van der Waals surface area contributed by atoms with Gasteiger partial charge in [0.1, 0.15) is 5.82 Å². The first-order valence-corrected chi connectivity index (χ1v) is 11.3. The van der Waals surface area contributed by atoms with Crippen molar-refractivity contribution in [3.63, 3.8) is 0 Å². The van der Waals surface area contributed by atoms with Gasteiger partial charge in [0.05, 0.1) is 17.3 Å². The van der Waals surface area contributed by atoms with Gasteiger partial charge in [-0.25, -0.2) is 4.98 Å². The van der Waals surface area contributed by atoms with Crippen molar-refractivity contribution in [3.8, 4) is 22.6 Å². The van der Waals surface area contributed by atoms with Gasteiger partial charge in [-0.3, -0.25) is 15.1 Å². The van der Waals surface area contributed by atoms with Crippen LogP contribution in [0, 0.1) is 0 Å². The number of fused-ring (bicyclic) bond motifs is 1. The average Bonchev–Trinajstić information content (AvgIpc) is 3.60. The lowest BCUT2D eigenvalue weighted by Gasteiger charge is -2.14. The molecule has 1 atom stereocenters. The normalized spacial score (nSPS) is 19.5. The van der Waals surface area contributed by atoms with Gasteiger partial charge >= 0.3 is 0 Å². The van der Waals surface area contributed by atoms with E-state index >= 15 is 0 Å². The Balaban J connectivity index is 1.32. The zero-order valence-corrected chi connectivity index (χ0v) is 17.6. The molecule has 0 saturated carbocycles. The van der Waals surface area contributed by atoms with E-state index in [1.807, 2.05) is 0 Å². The minimum atomic E-state index is 0.285. The molecule has 7 nitrogen and oxygen atoms in total. The molecule has 0 amide bonds. The Bertz CT molecular complexity index is 1200. The van der Waals surface area contributed by atoms with Crippen LogP contribution in [0.3, 0.4) is 0 Å². The Labute approximate surface area is 181 Å². The van der Waals surface area contributed by atoms with Crippen LogP contribution in [0.15, 0.2) is 42.5 Å². The van der Waals surface area contributed by atoms with Crippen molar-refractivity contribution in [2.75, 3.05) is 19.6 Å². The van der Waals surface area contributed by atoms with Crippen LogP contribution in [-0.2, 0) is 6.54 Å². The van der Waals surface area contributed by atoms with E-state index in [0.29, 0.717) is 0 Å². The van der Waals surface area contributed by atoms with Gasteiger partial charge in [0, 0.05) is 23.1 Å². The molecule has 4 heterocycles. The third kappa shape index (κ3) is 3.64. The van der Waals surface area contributed by atoms with Gasteiger partial charge < -0.3 is 5.32 Å². The fraction of sp³-hybridized carbons (Fsp3) is 0.375. The highest BCUT2D eigenvalue weighted by Gasteiger charge is 2.20. The van der Waals surface area contributed by atoms with Crippen molar-refractivity contribution < 1.29 is 0 Å². The lowest BCUT2D eigenvalue weighted by molar-refractivity contribution is 0.331. The van der Waals surface area contributed by atoms with E-state index in [0.717, 1.165) is 58.9 Å². The summed E-state index contributed by atoms with van der Waals surface area (Å²) in [4.78, 5) is 7.29. The first kappa shape index (κ1) is 18.7. The van der Waals surface area contributed by atoms with Gasteiger partial charge in [-0.2, -0.15) is 10.2 Å². The second-order valence-corrected chi connectivity index (χ2v) is 8.71. The van der Waals surface area contributed by atoms with E-state index in [2.05, 4.69) is 73.1 Å². The second kappa shape index (κ2) is 7.90. The molecule has 2 aliphatic heterocycles. The van der Waals surface area contributed by atoms with Gasteiger partial charge in [0.2, 0.25) is 0 Å². The Morgan fingerprint density at radius 1 is 0.935 bits per heavy atom. The molecule has 2 aliphatic rings. The van der Waals surface area contributed by atoms with E-state index in [9.17, 15) is 0 Å². The molecular weight excluding hydrogens is 386 g/mol. The van der Waals surface area contributed by atoms with Gasteiger partial charge in [-0.1, -0.05) is 18.2 Å². The summed E-state index contributed by atoms with van der Waals surface area (Å²) in [6.07, 6.45) is 4.91. The third-order valence-corrected chi connectivity index (χ3v) is 6.52. The summed E-state index contributed by atoms with van der Waals surface area (Å²) in [5.74, 6) is 1.66. The van der Waals surface area contributed by atoms with Crippen molar-refractivity contribution in [2.24, 2.45) is 0 Å². The number of benzene rings is 2. The van der Waals surface area contributed by atoms with Crippen molar-refractivity contribution in [3.05, 3.63) is 53.9 Å². The molecule has 4 aromatic rings. The molecule has 2 aromatic heterocycles. The summed E-state index contributed by atoms with van der Waals surface area (Å²) in [7, 11) is 0. The first-order valence-electron chi connectivity index (χ1n) is 11.3. The van der Waals surface area contributed by atoms with E-state index in [1.54, 1.807) is 0 Å². The standard InChI is InChI=1S/C24H27N7/c1-2-12-31(11-1)15-16-5-3-6-17(13-16)22-19-14-18(8-9-20(19)27-28-22)23-26-24(30-29-23)21-7-4-10-25-21/h3,5-6,8-9,13-14,21,25H,1-2,4,7,10-12,15H2,(H,27,28)(H,26,29,30). The largest absolute Gasteiger partial charge is 0.307 e. The number of nitrogens with zero attached hydrogens (tertiary/aromatic N) is 4. The molecule has 0 aliphatic carbocycles. The van der Waals surface area contributed by atoms with Gasteiger partial charge in [0.25, 0.3) is 0 Å². The lowest BCUT2D eigenvalue weighted by atomic mass is 10.0. The molecule has 3 N–H and O–H groups in total. The number of aromatic nitrogens is 5. The van der Waals surface area contributed by atoms with Crippen LogP contribution in [0.4, 0.5) is 0 Å². The third-order valence-electron chi connectivity index (χ3n) is 6.52. The monoisotopic (exact) mass is 413 g/mol. The SMILES string of the molecule is c1cc(CN2CCCC2)cc(-c2n[nH]c3ccc(-c4n[nH]c(C5CCCN5)n4)cc23)c1. The summed E-state index contributed by atoms with van der Waals surface area (Å²) < 4.78 is 0. The molecule has 0 radical (unpaired) electrons. The van der Waals surface area contributed by atoms with Crippen LogP contribution in [0.2, 0.25) is 0 Å². The molecule has 7 heteroatoms. The van der Waals surface area contributed by atoms with Crippen LogP contribution >= 0.6 is 0 Å². The second-order valence-electron chi connectivity index (χ2n) is 8.71. The van der Waals surface area contributed by atoms with Crippen molar-refractivity contribution in [1.29, 1.82) is 0 Å². The zero-order chi connectivity index (χ0) is 20.6. The van der Waals surface area contributed by atoms with Crippen LogP contribution < -0.4 is 5.32 Å². The predicted octanol–water partition coefficient (Wildman–Crippen LogP) is 4.04. The maximum Gasteiger partial charge on any atom is 0.181 e. The molecular formula is C24H27N7.